The van der Waals surface area contributed by atoms with Crippen LogP contribution in [-0.4, -0.2) is 18.0 Å². The average Bonchev–Trinajstić information content (AvgIpc) is 2.16. The first-order valence-corrected chi connectivity index (χ1v) is 6.79. The Hall–Kier alpha value is -0.0800. The summed E-state index contributed by atoms with van der Waals surface area (Å²) in [5, 5.41) is 0. The summed E-state index contributed by atoms with van der Waals surface area (Å²) in [4.78, 5) is 0. The van der Waals surface area contributed by atoms with E-state index in [0.717, 1.165) is 19.4 Å². The maximum Gasteiger partial charge on any atom is 0.169 e. The van der Waals surface area contributed by atoms with Crippen LogP contribution in [0.1, 0.15) is 59.8 Å². The Morgan fingerprint density at radius 3 is 2.19 bits per heavy atom. The van der Waals surface area contributed by atoms with E-state index in [-0.39, 0.29) is 11.4 Å². The minimum Gasteiger partial charge on any atom is -0.349 e. The summed E-state index contributed by atoms with van der Waals surface area (Å²) in [6.07, 6.45) is 6.01. The molecule has 1 heterocycles. The minimum absolute atomic E-state index is 0.0379. The van der Waals surface area contributed by atoms with Crippen molar-refractivity contribution in [2.75, 3.05) is 6.61 Å². The van der Waals surface area contributed by atoms with E-state index >= 15 is 0 Å². The van der Waals surface area contributed by atoms with Crippen molar-refractivity contribution < 1.29 is 9.47 Å². The van der Waals surface area contributed by atoms with Gasteiger partial charge >= 0.3 is 0 Å². The quantitative estimate of drug-likeness (QED) is 0.678. The highest BCUT2D eigenvalue weighted by Crippen LogP contribution is 2.44. The fourth-order valence-corrected chi connectivity index (χ4v) is 3.36. The molecule has 0 N–H and O–H groups in total. The molecule has 2 fully saturated rings. The fourth-order valence-electron chi connectivity index (χ4n) is 3.36. The van der Waals surface area contributed by atoms with Crippen LogP contribution >= 0.6 is 0 Å². The van der Waals surface area contributed by atoms with Crippen molar-refractivity contribution >= 4 is 0 Å². The normalized spacial score (nSPS) is 33.2. The van der Waals surface area contributed by atoms with Crippen molar-refractivity contribution in [1.82, 2.24) is 0 Å². The zero-order valence-corrected chi connectivity index (χ0v) is 11.2. The second kappa shape index (κ2) is 4.30. The van der Waals surface area contributed by atoms with Crippen LogP contribution in [0.3, 0.4) is 0 Å². The van der Waals surface area contributed by atoms with Crippen LogP contribution in [0.2, 0.25) is 0 Å². The number of hydrogen-bond donors (Lipinski definition) is 0. The molecular formula is C14H26O2. The lowest BCUT2D eigenvalue weighted by Gasteiger charge is -2.52. The Morgan fingerprint density at radius 2 is 1.69 bits per heavy atom. The van der Waals surface area contributed by atoms with Crippen molar-refractivity contribution in [1.29, 1.82) is 0 Å². The van der Waals surface area contributed by atoms with Gasteiger partial charge in [-0.25, -0.2) is 0 Å². The first kappa shape index (κ1) is 12.4. The Kier molecular flexibility index (Phi) is 3.33. The van der Waals surface area contributed by atoms with Crippen LogP contribution in [0.25, 0.3) is 0 Å². The Balaban J connectivity index is 2.08. The molecule has 1 aliphatic carbocycles. The van der Waals surface area contributed by atoms with Gasteiger partial charge in [0.25, 0.3) is 0 Å². The molecule has 2 nitrogen and oxygen atoms in total. The molecule has 1 saturated carbocycles. The van der Waals surface area contributed by atoms with Gasteiger partial charge in [-0.1, -0.05) is 20.3 Å². The fraction of sp³-hybridized carbons (Fsp3) is 1.00. The van der Waals surface area contributed by atoms with Crippen LogP contribution in [0, 0.1) is 11.8 Å². The van der Waals surface area contributed by atoms with Gasteiger partial charge in [0.1, 0.15) is 0 Å². The first-order valence-electron chi connectivity index (χ1n) is 6.79. The van der Waals surface area contributed by atoms with Crippen molar-refractivity contribution in [3.8, 4) is 0 Å². The van der Waals surface area contributed by atoms with Gasteiger partial charge in [-0.15, -0.1) is 0 Å². The van der Waals surface area contributed by atoms with Crippen LogP contribution in [0.5, 0.6) is 0 Å². The average molecular weight is 226 g/mol. The molecule has 0 radical (unpaired) electrons. The molecule has 1 atom stereocenters. The van der Waals surface area contributed by atoms with Gasteiger partial charge < -0.3 is 9.47 Å². The molecule has 0 aromatic heterocycles. The summed E-state index contributed by atoms with van der Waals surface area (Å²) in [7, 11) is 0. The topological polar surface area (TPSA) is 18.5 Å². The van der Waals surface area contributed by atoms with Gasteiger partial charge in [0.15, 0.2) is 5.79 Å². The molecule has 1 unspecified atom stereocenters. The van der Waals surface area contributed by atoms with Gasteiger partial charge in [0.2, 0.25) is 0 Å². The van der Waals surface area contributed by atoms with Gasteiger partial charge in [-0.2, -0.15) is 0 Å². The third-order valence-corrected chi connectivity index (χ3v) is 4.29. The van der Waals surface area contributed by atoms with Crippen molar-refractivity contribution in [3.05, 3.63) is 0 Å². The molecule has 0 bridgehead atoms. The lowest BCUT2D eigenvalue weighted by atomic mass is 9.80. The predicted octanol–water partition coefficient (Wildman–Crippen LogP) is 3.74. The van der Waals surface area contributed by atoms with Crippen LogP contribution in [-0.2, 0) is 9.47 Å². The van der Waals surface area contributed by atoms with Crippen LogP contribution in [0.15, 0.2) is 0 Å². The van der Waals surface area contributed by atoms with E-state index in [1.54, 1.807) is 0 Å². The smallest absolute Gasteiger partial charge is 0.169 e. The summed E-state index contributed by atoms with van der Waals surface area (Å²) < 4.78 is 12.4. The molecule has 2 rings (SSSR count). The van der Waals surface area contributed by atoms with E-state index in [1.807, 2.05) is 0 Å². The highest BCUT2D eigenvalue weighted by atomic mass is 16.7. The van der Waals surface area contributed by atoms with Crippen molar-refractivity contribution in [2.45, 2.75) is 71.2 Å². The summed E-state index contributed by atoms with van der Waals surface area (Å²) in [6.45, 7) is 9.85. The molecule has 0 amide bonds. The Bertz CT molecular complexity index is 239. The van der Waals surface area contributed by atoms with E-state index in [0.29, 0.717) is 11.8 Å². The van der Waals surface area contributed by atoms with Crippen molar-refractivity contribution in [3.63, 3.8) is 0 Å². The SMILES string of the molecule is CC(C)C1COC2(CCCCC2)OC1(C)C. The summed E-state index contributed by atoms with van der Waals surface area (Å²) >= 11 is 0. The van der Waals surface area contributed by atoms with Crippen LogP contribution in [0.4, 0.5) is 0 Å². The summed E-state index contributed by atoms with van der Waals surface area (Å²) in [5.41, 5.74) is -0.0379. The van der Waals surface area contributed by atoms with E-state index in [1.165, 1.54) is 19.3 Å². The lowest BCUT2D eigenvalue weighted by molar-refractivity contribution is -0.353. The maximum atomic E-state index is 6.35. The second-order valence-electron chi connectivity index (χ2n) is 6.34. The number of ether oxygens (including phenoxy) is 2. The third-order valence-electron chi connectivity index (χ3n) is 4.29. The van der Waals surface area contributed by atoms with Gasteiger partial charge in [-0.05, 0) is 32.6 Å². The highest BCUT2D eigenvalue weighted by molar-refractivity contribution is 4.90. The predicted molar refractivity (Wildman–Crippen MR) is 65.3 cm³/mol. The minimum atomic E-state index is -0.243. The van der Waals surface area contributed by atoms with E-state index in [9.17, 15) is 0 Å². The van der Waals surface area contributed by atoms with Crippen LogP contribution < -0.4 is 0 Å². The van der Waals surface area contributed by atoms with E-state index in [4.69, 9.17) is 9.47 Å². The second-order valence-corrected chi connectivity index (χ2v) is 6.34. The maximum absolute atomic E-state index is 6.35. The van der Waals surface area contributed by atoms with E-state index in [2.05, 4.69) is 27.7 Å². The molecule has 94 valence electrons. The largest absolute Gasteiger partial charge is 0.349 e. The monoisotopic (exact) mass is 226 g/mol. The van der Waals surface area contributed by atoms with Gasteiger partial charge in [0.05, 0.1) is 12.2 Å². The molecule has 2 aliphatic rings. The molecule has 0 aromatic rings. The highest BCUT2D eigenvalue weighted by Gasteiger charge is 2.48. The number of rotatable bonds is 1. The number of hydrogen-bond acceptors (Lipinski definition) is 2. The Morgan fingerprint density at radius 1 is 1.06 bits per heavy atom. The van der Waals surface area contributed by atoms with E-state index < -0.39 is 0 Å². The molecule has 1 saturated heterocycles. The van der Waals surface area contributed by atoms with Gasteiger partial charge in [-0.3, -0.25) is 0 Å². The van der Waals surface area contributed by atoms with Crippen molar-refractivity contribution in [2.24, 2.45) is 11.8 Å². The molecule has 0 aromatic carbocycles. The zero-order chi connectivity index (χ0) is 11.8. The first-order chi connectivity index (χ1) is 7.45. The third kappa shape index (κ3) is 2.28. The van der Waals surface area contributed by atoms with Gasteiger partial charge in [0, 0.05) is 18.8 Å². The zero-order valence-electron chi connectivity index (χ0n) is 11.2. The summed E-state index contributed by atoms with van der Waals surface area (Å²) in [6, 6.07) is 0. The standard InChI is InChI=1S/C14H26O2/c1-11(2)12-10-15-14(16-13(12,3)4)8-6-5-7-9-14/h11-12H,5-10H2,1-4H3. The molecule has 2 heteroatoms. The molecular weight excluding hydrogens is 200 g/mol. The Labute approximate surface area is 99.7 Å². The lowest BCUT2D eigenvalue weighted by Crippen LogP contribution is -2.56. The molecule has 16 heavy (non-hydrogen) atoms. The summed E-state index contributed by atoms with van der Waals surface area (Å²) in [5.74, 6) is 0.892. The molecule has 1 aliphatic heterocycles. The molecule has 1 spiro atoms.